The van der Waals surface area contributed by atoms with Crippen molar-refractivity contribution in [2.24, 2.45) is 0 Å². The lowest BCUT2D eigenvalue weighted by Crippen LogP contribution is -1.82. The van der Waals surface area contributed by atoms with Gasteiger partial charge in [-0.1, -0.05) is 13.3 Å². The molecule has 2 aromatic rings. The van der Waals surface area contributed by atoms with Crippen molar-refractivity contribution in [2.75, 3.05) is 0 Å². The quantitative estimate of drug-likeness (QED) is 0.581. The Hall–Kier alpha value is -1.90. The van der Waals surface area contributed by atoms with Gasteiger partial charge >= 0.3 is 0 Å². The zero-order valence-corrected chi connectivity index (χ0v) is 9.14. The maximum Gasteiger partial charge on any atom is 0.153 e. The van der Waals surface area contributed by atoms with Crippen LogP contribution in [0.3, 0.4) is 0 Å². The van der Waals surface area contributed by atoms with Crippen molar-refractivity contribution in [3.8, 4) is 0 Å². The van der Waals surface area contributed by atoms with Gasteiger partial charge in [-0.05, 0) is 30.2 Å². The molecule has 3 nitrogen and oxygen atoms in total. The molecule has 0 atom stereocenters. The van der Waals surface area contributed by atoms with Gasteiger partial charge in [-0.15, -0.1) is 0 Å². The molecule has 2 heterocycles. The van der Waals surface area contributed by atoms with Crippen LogP contribution in [-0.4, -0.2) is 11.3 Å². The van der Waals surface area contributed by atoms with Crippen molar-refractivity contribution in [2.45, 2.75) is 19.8 Å². The molecule has 0 aliphatic rings. The second kappa shape index (κ2) is 4.75. The largest absolute Gasteiger partial charge is 0.455 e. The first kappa shape index (κ1) is 10.6. The minimum absolute atomic E-state index is 0.707. The molecule has 0 spiro atoms. The van der Waals surface area contributed by atoms with Crippen LogP contribution in [0, 0.1) is 0 Å². The molecule has 0 N–H and O–H groups in total. The van der Waals surface area contributed by atoms with Crippen LogP contribution in [0.25, 0.3) is 17.0 Å². The van der Waals surface area contributed by atoms with Crippen molar-refractivity contribution < 1.29 is 9.21 Å². The van der Waals surface area contributed by atoms with Crippen LogP contribution in [0.5, 0.6) is 0 Å². The van der Waals surface area contributed by atoms with E-state index in [9.17, 15) is 4.79 Å². The average molecular weight is 215 g/mol. The van der Waals surface area contributed by atoms with Gasteiger partial charge in [0.2, 0.25) is 0 Å². The van der Waals surface area contributed by atoms with E-state index in [0.717, 1.165) is 35.7 Å². The number of carbonyl (C=O) groups is 1. The van der Waals surface area contributed by atoms with Gasteiger partial charge in [0.15, 0.2) is 5.58 Å². The van der Waals surface area contributed by atoms with E-state index in [2.05, 4.69) is 4.98 Å². The van der Waals surface area contributed by atoms with Gasteiger partial charge in [0.05, 0.1) is 6.20 Å². The lowest BCUT2D eigenvalue weighted by atomic mass is 10.1. The van der Waals surface area contributed by atoms with Gasteiger partial charge in [0, 0.05) is 11.6 Å². The molecule has 2 rings (SSSR count). The second-order valence-electron chi connectivity index (χ2n) is 3.65. The summed E-state index contributed by atoms with van der Waals surface area (Å²) in [7, 11) is 0. The Morgan fingerprint density at radius 3 is 3.12 bits per heavy atom. The Kier molecular flexibility index (Phi) is 3.15. The van der Waals surface area contributed by atoms with Gasteiger partial charge < -0.3 is 4.42 Å². The first-order valence-corrected chi connectivity index (χ1v) is 5.33. The summed E-state index contributed by atoms with van der Waals surface area (Å²) < 4.78 is 5.55. The second-order valence-corrected chi connectivity index (χ2v) is 3.65. The van der Waals surface area contributed by atoms with E-state index in [1.165, 1.54) is 0 Å². The molecule has 0 saturated carbocycles. The number of hydrogen-bond acceptors (Lipinski definition) is 3. The molecule has 0 radical (unpaired) electrons. The number of carbonyl (C=O) groups excluding carboxylic acids is 1. The Morgan fingerprint density at radius 1 is 1.56 bits per heavy atom. The molecular weight excluding hydrogens is 202 g/mol. The molecule has 0 bridgehead atoms. The predicted octanol–water partition coefficient (Wildman–Crippen LogP) is 3.21. The molecule has 0 saturated heterocycles. The zero-order valence-electron chi connectivity index (χ0n) is 9.14. The lowest BCUT2D eigenvalue weighted by Gasteiger charge is -1.93. The van der Waals surface area contributed by atoms with Crippen molar-refractivity contribution in [1.29, 1.82) is 0 Å². The molecule has 0 aliphatic carbocycles. The maximum atomic E-state index is 10.8. The summed E-state index contributed by atoms with van der Waals surface area (Å²) in [5, 5.41) is 1.00. The Labute approximate surface area is 93.8 Å². The van der Waals surface area contributed by atoms with Crippen LogP contribution in [0.4, 0.5) is 0 Å². The predicted molar refractivity (Wildman–Crippen MR) is 63.0 cm³/mol. The Morgan fingerprint density at radius 2 is 2.44 bits per heavy atom. The van der Waals surface area contributed by atoms with E-state index in [0.29, 0.717) is 5.76 Å². The third kappa shape index (κ3) is 2.19. The van der Waals surface area contributed by atoms with Crippen molar-refractivity contribution in [3.63, 3.8) is 0 Å². The number of aromatic nitrogens is 1. The number of hydrogen-bond donors (Lipinski definition) is 0. The van der Waals surface area contributed by atoms with E-state index in [1.54, 1.807) is 18.5 Å². The molecule has 0 fully saturated rings. The zero-order chi connectivity index (χ0) is 11.4. The standard InChI is InChI=1S/C13H13NO2/c1-2-3-10(9-15)6-12-7-11-4-5-14-8-13(11)16-12/h4-9H,2-3H2,1H3/b10-6+. The van der Waals surface area contributed by atoms with Gasteiger partial charge in [0.25, 0.3) is 0 Å². The fourth-order valence-electron chi connectivity index (χ4n) is 1.61. The van der Waals surface area contributed by atoms with Gasteiger partial charge in [0.1, 0.15) is 12.0 Å². The molecule has 0 amide bonds. The van der Waals surface area contributed by atoms with E-state index < -0.39 is 0 Å². The Bertz CT molecular complexity index is 492. The highest BCUT2D eigenvalue weighted by Gasteiger charge is 2.02. The van der Waals surface area contributed by atoms with Crippen molar-refractivity contribution in [3.05, 3.63) is 35.9 Å². The normalized spacial score (nSPS) is 11.9. The van der Waals surface area contributed by atoms with Gasteiger partial charge in [-0.3, -0.25) is 9.78 Å². The number of nitrogens with zero attached hydrogens (tertiary/aromatic N) is 1. The first-order chi connectivity index (χ1) is 7.83. The van der Waals surface area contributed by atoms with Crippen LogP contribution < -0.4 is 0 Å². The minimum Gasteiger partial charge on any atom is -0.455 e. The van der Waals surface area contributed by atoms with E-state index in [1.807, 2.05) is 19.1 Å². The Balaban J connectivity index is 2.36. The van der Waals surface area contributed by atoms with Gasteiger partial charge in [-0.25, -0.2) is 0 Å². The van der Waals surface area contributed by atoms with Crippen LogP contribution in [0.2, 0.25) is 0 Å². The van der Waals surface area contributed by atoms with Gasteiger partial charge in [-0.2, -0.15) is 0 Å². The number of furan rings is 1. The van der Waals surface area contributed by atoms with E-state index in [4.69, 9.17) is 4.42 Å². The number of fused-ring (bicyclic) bond motifs is 1. The topological polar surface area (TPSA) is 43.1 Å². The SMILES string of the molecule is CCC/C(C=O)=C\c1cc2ccncc2o1. The molecule has 3 heteroatoms. The highest BCUT2D eigenvalue weighted by atomic mass is 16.3. The summed E-state index contributed by atoms with van der Waals surface area (Å²) >= 11 is 0. The van der Waals surface area contributed by atoms with Crippen molar-refractivity contribution in [1.82, 2.24) is 4.98 Å². The number of aldehydes is 1. The molecule has 2 aromatic heterocycles. The molecule has 82 valence electrons. The van der Waals surface area contributed by atoms with Crippen LogP contribution in [0.15, 0.2) is 34.5 Å². The summed E-state index contributed by atoms with van der Waals surface area (Å²) in [6.45, 7) is 2.04. The maximum absolute atomic E-state index is 10.8. The number of allylic oxidation sites excluding steroid dienone is 1. The summed E-state index contributed by atoms with van der Waals surface area (Å²) in [6.07, 6.45) is 7.79. The fourth-order valence-corrected chi connectivity index (χ4v) is 1.61. The summed E-state index contributed by atoms with van der Waals surface area (Å²) in [4.78, 5) is 14.8. The highest BCUT2D eigenvalue weighted by molar-refractivity contribution is 5.84. The molecule has 0 aromatic carbocycles. The third-order valence-corrected chi connectivity index (χ3v) is 2.36. The minimum atomic E-state index is 0.707. The first-order valence-electron chi connectivity index (χ1n) is 5.33. The monoisotopic (exact) mass is 215 g/mol. The van der Waals surface area contributed by atoms with Crippen LogP contribution in [-0.2, 0) is 4.79 Å². The smallest absolute Gasteiger partial charge is 0.153 e. The summed E-state index contributed by atoms with van der Waals surface area (Å²) in [5.74, 6) is 0.707. The molecule has 0 unspecified atom stereocenters. The average Bonchev–Trinajstić information content (AvgIpc) is 2.70. The lowest BCUT2D eigenvalue weighted by molar-refractivity contribution is -0.105. The summed E-state index contributed by atoms with van der Waals surface area (Å²) in [5.41, 5.74) is 1.50. The highest BCUT2D eigenvalue weighted by Crippen LogP contribution is 2.20. The van der Waals surface area contributed by atoms with E-state index in [-0.39, 0.29) is 0 Å². The summed E-state index contributed by atoms with van der Waals surface area (Å²) in [6, 6.07) is 3.80. The fraction of sp³-hybridized carbons (Fsp3) is 0.231. The molecule has 0 aliphatic heterocycles. The van der Waals surface area contributed by atoms with Crippen LogP contribution in [0.1, 0.15) is 25.5 Å². The van der Waals surface area contributed by atoms with E-state index >= 15 is 0 Å². The number of rotatable bonds is 4. The number of pyridine rings is 1. The molecule has 16 heavy (non-hydrogen) atoms. The van der Waals surface area contributed by atoms with Crippen molar-refractivity contribution >= 4 is 23.3 Å². The third-order valence-electron chi connectivity index (χ3n) is 2.36. The van der Waals surface area contributed by atoms with Crippen LogP contribution >= 0.6 is 0 Å². The molecular formula is C13H13NO2.